The summed E-state index contributed by atoms with van der Waals surface area (Å²) in [6.07, 6.45) is 4.30. The number of nitrogens with one attached hydrogen (secondary N) is 1. The number of fused-ring (bicyclic) bond motifs is 3. The van der Waals surface area contributed by atoms with Gasteiger partial charge >= 0.3 is 0 Å². The van der Waals surface area contributed by atoms with Crippen LogP contribution in [0.15, 0.2) is 48.5 Å². The monoisotopic (exact) mass is 416 g/mol. The Morgan fingerprint density at radius 1 is 1.13 bits per heavy atom. The SMILES string of the molecule is Cc1ccccc1CN1C(=O)c2nc3ccccc3n2C[C@@]1(C)C(=O)NC1CCCC1. The smallest absolute Gasteiger partial charge is 0.291 e. The van der Waals surface area contributed by atoms with Crippen molar-refractivity contribution in [3.63, 3.8) is 0 Å². The largest absolute Gasteiger partial charge is 0.351 e. The molecule has 2 aliphatic rings. The van der Waals surface area contributed by atoms with E-state index in [0.717, 1.165) is 47.8 Å². The van der Waals surface area contributed by atoms with E-state index in [1.54, 1.807) is 4.90 Å². The highest BCUT2D eigenvalue weighted by Crippen LogP contribution is 2.33. The Balaban J connectivity index is 1.58. The molecule has 6 nitrogen and oxygen atoms in total. The number of nitrogens with zero attached hydrogens (tertiary/aromatic N) is 3. The van der Waals surface area contributed by atoms with Crippen LogP contribution in [0.25, 0.3) is 11.0 Å². The molecule has 6 heteroatoms. The van der Waals surface area contributed by atoms with E-state index in [0.29, 0.717) is 18.9 Å². The molecule has 160 valence electrons. The predicted molar refractivity (Wildman–Crippen MR) is 120 cm³/mol. The summed E-state index contributed by atoms with van der Waals surface area (Å²) in [6, 6.07) is 16.0. The number of para-hydroxylation sites is 2. The van der Waals surface area contributed by atoms with Gasteiger partial charge in [0, 0.05) is 12.6 Å². The van der Waals surface area contributed by atoms with Gasteiger partial charge in [-0.2, -0.15) is 0 Å². The minimum atomic E-state index is -1.00. The van der Waals surface area contributed by atoms with Gasteiger partial charge in [0.2, 0.25) is 5.91 Å². The second-order valence-electron chi connectivity index (χ2n) is 9.06. The molecule has 2 amide bonds. The number of aryl methyl sites for hydroxylation is 1. The maximum absolute atomic E-state index is 13.7. The lowest BCUT2D eigenvalue weighted by Crippen LogP contribution is -2.64. The van der Waals surface area contributed by atoms with Gasteiger partial charge in [0.05, 0.1) is 17.6 Å². The van der Waals surface area contributed by atoms with Crippen LogP contribution in [-0.4, -0.2) is 37.8 Å². The number of benzene rings is 2. The molecule has 5 rings (SSSR count). The number of carbonyl (C=O) groups is 2. The third-order valence-corrected chi connectivity index (χ3v) is 6.92. The van der Waals surface area contributed by atoms with Crippen molar-refractivity contribution < 1.29 is 9.59 Å². The first kappa shape index (κ1) is 19.8. The van der Waals surface area contributed by atoms with E-state index in [2.05, 4.69) is 10.3 Å². The third kappa shape index (κ3) is 3.30. The molecule has 1 aliphatic heterocycles. The number of amides is 2. The molecule has 31 heavy (non-hydrogen) atoms. The summed E-state index contributed by atoms with van der Waals surface area (Å²) in [5.74, 6) is 0.125. The lowest BCUT2D eigenvalue weighted by Gasteiger charge is -2.44. The average Bonchev–Trinajstić information content (AvgIpc) is 3.40. The molecular weight excluding hydrogens is 388 g/mol. The lowest BCUT2D eigenvalue weighted by atomic mass is 9.93. The lowest BCUT2D eigenvalue weighted by molar-refractivity contribution is -0.133. The first-order chi connectivity index (χ1) is 15.0. The first-order valence-electron chi connectivity index (χ1n) is 11.1. The molecule has 0 radical (unpaired) electrons. The van der Waals surface area contributed by atoms with E-state index < -0.39 is 5.54 Å². The highest BCUT2D eigenvalue weighted by molar-refractivity contribution is 6.01. The zero-order valence-corrected chi connectivity index (χ0v) is 18.1. The van der Waals surface area contributed by atoms with Gasteiger partial charge in [0.25, 0.3) is 5.91 Å². The van der Waals surface area contributed by atoms with Crippen molar-refractivity contribution in [3.8, 4) is 0 Å². The molecule has 1 saturated carbocycles. The van der Waals surface area contributed by atoms with Crippen LogP contribution >= 0.6 is 0 Å². The summed E-state index contributed by atoms with van der Waals surface area (Å²) >= 11 is 0. The van der Waals surface area contributed by atoms with Crippen LogP contribution in [0.1, 0.15) is 54.4 Å². The van der Waals surface area contributed by atoms with Crippen LogP contribution in [-0.2, 0) is 17.9 Å². The molecule has 1 fully saturated rings. The Bertz CT molecular complexity index is 1160. The second kappa shape index (κ2) is 7.52. The molecule has 0 spiro atoms. The van der Waals surface area contributed by atoms with E-state index in [1.165, 1.54) is 0 Å². The molecule has 2 aromatic carbocycles. The Morgan fingerprint density at radius 2 is 1.84 bits per heavy atom. The van der Waals surface area contributed by atoms with E-state index in [-0.39, 0.29) is 17.9 Å². The van der Waals surface area contributed by atoms with Crippen molar-refractivity contribution >= 4 is 22.8 Å². The minimum absolute atomic E-state index is 0.0789. The van der Waals surface area contributed by atoms with E-state index in [4.69, 9.17) is 0 Å². The van der Waals surface area contributed by atoms with Crippen LogP contribution in [0.2, 0.25) is 0 Å². The molecule has 0 unspecified atom stereocenters. The van der Waals surface area contributed by atoms with Gasteiger partial charge in [-0.05, 0) is 49.9 Å². The Hall–Kier alpha value is -3.15. The maximum atomic E-state index is 13.7. The van der Waals surface area contributed by atoms with Crippen molar-refractivity contribution in [1.82, 2.24) is 19.8 Å². The van der Waals surface area contributed by atoms with Crippen LogP contribution in [0.5, 0.6) is 0 Å². The fourth-order valence-corrected chi connectivity index (χ4v) is 4.95. The molecule has 1 aliphatic carbocycles. The fraction of sp³-hybridized carbons (Fsp3) is 0.400. The predicted octanol–water partition coefficient (Wildman–Crippen LogP) is 3.82. The number of hydrogen-bond acceptors (Lipinski definition) is 3. The Morgan fingerprint density at radius 3 is 2.61 bits per heavy atom. The topological polar surface area (TPSA) is 67.2 Å². The number of hydrogen-bond donors (Lipinski definition) is 1. The van der Waals surface area contributed by atoms with Crippen molar-refractivity contribution in [1.29, 1.82) is 0 Å². The molecular formula is C25H28N4O2. The number of imidazole rings is 1. The van der Waals surface area contributed by atoms with Crippen LogP contribution in [0, 0.1) is 6.92 Å². The Kier molecular flexibility index (Phi) is 4.80. The zero-order chi connectivity index (χ0) is 21.6. The third-order valence-electron chi connectivity index (χ3n) is 6.92. The van der Waals surface area contributed by atoms with Gasteiger partial charge in [-0.15, -0.1) is 0 Å². The minimum Gasteiger partial charge on any atom is -0.351 e. The van der Waals surface area contributed by atoms with Crippen molar-refractivity contribution in [3.05, 3.63) is 65.5 Å². The highest BCUT2D eigenvalue weighted by Gasteiger charge is 2.49. The van der Waals surface area contributed by atoms with Gasteiger partial charge < -0.3 is 14.8 Å². The standard InChI is InChI=1S/C25H28N4O2/c1-17-9-3-4-10-18(17)15-29-23(30)22-27-20-13-7-8-14-21(20)28(22)16-25(29,2)24(31)26-19-11-5-6-12-19/h3-4,7-10,13-14,19H,5-6,11-12,15-16H2,1-2H3,(H,26,31)/t25-/m0/s1. The van der Waals surface area contributed by atoms with Gasteiger partial charge in [-0.25, -0.2) is 4.98 Å². The molecule has 2 heterocycles. The first-order valence-corrected chi connectivity index (χ1v) is 11.1. The summed E-state index contributed by atoms with van der Waals surface area (Å²) in [5, 5.41) is 3.24. The van der Waals surface area contributed by atoms with Crippen LogP contribution in [0.4, 0.5) is 0 Å². The van der Waals surface area contributed by atoms with Crippen molar-refractivity contribution in [2.24, 2.45) is 0 Å². The molecule has 0 saturated heterocycles. The second-order valence-corrected chi connectivity index (χ2v) is 9.06. The van der Waals surface area contributed by atoms with Crippen LogP contribution < -0.4 is 5.32 Å². The van der Waals surface area contributed by atoms with Gasteiger partial charge in [-0.1, -0.05) is 49.2 Å². The number of aromatic nitrogens is 2. The molecule has 0 bridgehead atoms. The summed E-state index contributed by atoms with van der Waals surface area (Å²) < 4.78 is 1.92. The quantitative estimate of drug-likeness (QED) is 0.703. The van der Waals surface area contributed by atoms with E-state index in [1.807, 2.05) is 66.9 Å². The summed E-state index contributed by atoms with van der Waals surface area (Å²) in [6.45, 7) is 4.70. The van der Waals surface area contributed by atoms with Crippen molar-refractivity contribution in [2.75, 3.05) is 0 Å². The zero-order valence-electron chi connectivity index (χ0n) is 18.1. The number of carbonyl (C=O) groups excluding carboxylic acids is 2. The normalized spacial score (nSPS) is 21.5. The number of rotatable bonds is 4. The van der Waals surface area contributed by atoms with E-state index >= 15 is 0 Å². The van der Waals surface area contributed by atoms with Crippen LogP contribution in [0.3, 0.4) is 0 Å². The highest BCUT2D eigenvalue weighted by atomic mass is 16.2. The molecule has 3 aromatic rings. The average molecular weight is 417 g/mol. The van der Waals surface area contributed by atoms with Gasteiger partial charge in [0.1, 0.15) is 5.54 Å². The fourth-order valence-electron chi connectivity index (χ4n) is 4.95. The van der Waals surface area contributed by atoms with Crippen molar-refractivity contribution in [2.45, 2.75) is 64.2 Å². The Labute approximate surface area is 182 Å². The molecule has 1 N–H and O–H groups in total. The summed E-state index contributed by atoms with van der Waals surface area (Å²) in [4.78, 5) is 33.7. The van der Waals surface area contributed by atoms with Gasteiger partial charge in [0.15, 0.2) is 5.82 Å². The van der Waals surface area contributed by atoms with Gasteiger partial charge in [-0.3, -0.25) is 9.59 Å². The summed E-state index contributed by atoms with van der Waals surface area (Å²) in [5.41, 5.74) is 2.81. The molecule has 1 atom stereocenters. The molecule has 1 aromatic heterocycles. The van der Waals surface area contributed by atoms with E-state index in [9.17, 15) is 9.59 Å². The summed E-state index contributed by atoms with van der Waals surface area (Å²) in [7, 11) is 0. The maximum Gasteiger partial charge on any atom is 0.291 e.